The number of hydrogen-bond acceptors (Lipinski definition) is 0. The van der Waals surface area contributed by atoms with E-state index in [9.17, 15) is 0 Å². The molecule has 0 bridgehead atoms. The van der Waals surface area contributed by atoms with E-state index in [1.54, 1.807) is 10.8 Å². The Labute approximate surface area is 137 Å². The Morgan fingerprint density at radius 1 is 1.00 bits per heavy atom. The summed E-state index contributed by atoms with van der Waals surface area (Å²) in [6.07, 6.45) is 13.3. The molecule has 0 radical (unpaired) electrons. The van der Waals surface area contributed by atoms with E-state index < -0.39 is 8.07 Å². The lowest BCUT2D eigenvalue weighted by Gasteiger charge is -2.41. The highest BCUT2D eigenvalue weighted by atomic mass is 28.3. The van der Waals surface area contributed by atoms with E-state index in [0.29, 0.717) is 5.92 Å². The molecule has 1 atom stereocenters. The zero-order valence-electron chi connectivity index (χ0n) is 14.4. The zero-order chi connectivity index (χ0) is 15.6. The van der Waals surface area contributed by atoms with Crippen LogP contribution in [0.3, 0.4) is 0 Å². The van der Waals surface area contributed by atoms with Gasteiger partial charge < -0.3 is 0 Å². The molecule has 0 spiro atoms. The van der Waals surface area contributed by atoms with Gasteiger partial charge in [-0.05, 0) is 23.5 Å². The maximum atomic E-state index is 2.67. The van der Waals surface area contributed by atoms with E-state index in [-0.39, 0.29) is 0 Å². The van der Waals surface area contributed by atoms with Crippen LogP contribution < -0.4 is 5.19 Å². The van der Waals surface area contributed by atoms with Crippen molar-refractivity contribution >= 4 is 13.3 Å². The largest absolute Gasteiger partial charge is 0.114 e. The highest BCUT2D eigenvalue weighted by molar-refractivity contribution is 6.98. The van der Waals surface area contributed by atoms with Crippen LogP contribution in [0.15, 0.2) is 53.3 Å². The monoisotopic (exact) mass is 310 g/mol. The Balaban J connectivity index is 2.09. The van der Waals surface area contributed by atoms with Gasteiger partial charge >= 0.3 is 0 Å². The summed E-state index contributed by atoms with van der Waals surface area (Å²) >= 11 is 0. The predicted octanol–water partition coefficient (Wildman–Crippen LogP) is 5.76. The van der Waals surface area contributed by atoms with E-state index in [1.165, 1.54) is 38.5 Å². The normalized spacial score (nSPS) is 22.4. The van der Waals surface area contributed by atoms with Crippen molar-refractivity contribution in [2.45, 2.75) is 64.5 Å². The topological polar surface area (TPSA) is 0 Å². The minimum Gasteiger partial charge on any atom is -0.0806 e. The van der Waals surface area contributed by atoms with Gasteiger partial charge in [-0.1, -0.05) is 105 Å². The van der Waals surface area contributed by atoms with Gasteiger partial charge in [0.1, 0.15) is 8.07 Å². The molecule has 1 aromatic rings. The molecule has 0 amide bonds. The minimum atomic E-state index is -1.60. The maximum Gasteiger partial charge on any atom is 0.114 e. The number of rotatable bonds is 4. The third-order valence-corrected chi connectivity index (χ3v) is 11.5. The molecule has 0 N–H and O–H groups in total. The molecule has 3 rings (SSSR count). The third-order valence-electron chi connectivity index (χ3n) is 6.01. The van der Waals surface area contributed by atoms with Gasteiger partial charge in [0.15, 0.2) is 0 Å². The first-order chi connectivity index (χ1) is 10.6. The molecule has 22 heavy (non-hydrogen) atoms. The van der Waals surface area contributed by atoms with Crippen molar-refractivity contribution in [3.63, 3.8) is 0 Å². The fourth-order valence-corrected chi connectivity index (χ4v) is 9.97. The second-order valence-electron chi connectivity index (χ2n) is 7.60. The van der Waals surface area contributed by atoms with E-state index in [2.05, 4.69) is 62.9 Å². The van der Waals surface area contributed by atoms with E-state index in [4.69, 9.17) is 0 Å². The van der Waals surface area contributed by atoms with E-state index >= 15 is 0 Å². The molecule has 0 aromatic heterocycles. The lowest BCUT2D eigenvalue weighted by Crippen LogP contribution is -2.52. The summed E-state index contributed by atoms with van der Waals surface area (Å²) in [7, 11) is -1.60. The molecule has 1 heteroatoms. The Bertz CT molecular complexity index is 561. The summed E-state index contributed by atoms with van der Waals surface area (Å²) in [6, 6.07) is 11.5. The number of hydrogen-bond donors (Lipinski definition) is 0. The van der Waals surface area contributed by atoms with Crippen LogP contribution >= 0.6 is 0 Å². The Kier molecular flexibility index (Phi) is 4.72. The maximum absolute atomic E-state index is 2.67. The van der Waals surface area contributed by atoms with Gasteiger partial charge in [0, 0.05) is 0 Å². The van der Waals surface area contributed by atoms with Crippen molar-refractivity contribution in [3.8, 4) is 0 Å². The summed E-state index contributed by atoms with van der Waals surface area (Å²) in [5, 5.41) is 3.50. The molecule has 1 saturated carbocycles. The predicted molar refractivity (Wildman–Crippen MR) is 100 cm³/mol. The summed E-state index contributed by atoms with van der Waals surface area (Å²) < 4.78 is 0. The summed E-state index contributed by atoms with van der Waals surface area (Å²) in [5.74, 6) is 0.660. The van der Waals surface area contributed by atoms with Crippen molar-refractivity contribution in [2.24, 2.45) is 5.92 Å². The molecular formula is C21H30Si. The van der Waals surface area contributed by atoms with Crippen LogP contribution in [-0.4, -0.2) is 8.07 Å². The fraction of sp³-hybridized carbons (Fsp3) is 0.524. The van der Waals surface area contributed by atoms with Gasteiger partial charge in [0.05, 0.1) is 0 Å². The van der Waals surface area contributed by atoms with Crippen LogP contribution in [0.25, 0.3) is 0 Å². The minimum absolute atomic E-state index is 0.660. The Morgan fingerprint density at radius 3 is 2.32 bits per heavy atom. The first kappa shape index (κ1) is 15.8. The van der Waals surface area contributed by atoms with Crippen LogP contribution in [0.4, 0.5) is 0 Å². The van der Waals surface area contributed by atoms with Gasteiger partial charge in [0.25, 0.3) is 0 Å². The summed E-state index contributed by atoms with van der Waals surface area (Å²) in [6.45, 7) is 7.40. The SMILES string of the molecule is CC(C)C1=C([Si](C)(c2ccccc2)C2CCCCC2)CC=C1. The molecule has 1 fully saturated rings. The third kappa shape index (κ3) is 2.76. The second kappa shape index (κ2) is 6.58. The van der Waals surface area contributed by atoms with Crippen molar-refractivity contribution < 1.29 is 0 Å². The second-order valence-corrected chi connectivity index (χ2v) is 12.0. The molecular weight excluding hydrogens is 280 g/mol. The smallest absolute Gasteiger partial charge is 0.0806 e. The first-order valence-corrected chi connectivity index (χ1v) is 11.7. The Morgan fingerprint density at radius 2 is 1.68 bits per heavy atom. The van der Waals surface area contributed by atoms with Crippen LogP contribution in [0.5, 0.6) is 0 Å². The lowest BCUT2D eigenvalue weighted by atomic mass is 10.0. The standard InChI is InChI=1S/C21H30Si/c1-17(2)20-15-10-16-21(20)22(3,18-11-6-4-7-12-18)19-13-8-5-9-14-19/h4,6-7,10-12,15,17,19H,5,8-9,13-14,16H2,1-3H3. The molecule has 0 nitrogen and oxygen atoms in total. The van der Waals surface area contributed by atoms with Gasteiger partial charge in [0.2, 0.25) is 0 Å². The van der Waals surface area contributed by atoms with E-state index in [0.717, 1.165) is 5.54 Å². The average Bonchev–Trinajstić information content (AvgIpc) is 3.06. The highest BCUT2D eigenvalue weighted by Crippen LogP contribution is 2.44. The van der Waals surface area contributed by atoms with Crippen LogP contribution in [0.2, 0.25) is 12.1 Å². The molecule has 118 valence electrons. The van der Waals surface area contributed by atoms with Crippen LogP contribution in [0, 0.1) is 5.92 Å². The first-order valence-electron chi connectivity index (χ1n) is 9.09. The lowest BCUT2D eigenvalue weighted by molar-refractivity contribution is 0.494. The van der Waals surface area contributed by atoms with Crippen molar-refractivity contribution in [3.05, 3.63) is 53.3 Å². The van der Waals surface area contributed by atoms with Gasteiger partial charge in [-0.3, -0.25) is 0 Å². The molecule has 1 unspecified atom stereocenters. The van der Waals surface area contributed by atoms with Gasteiger partial charge in [-0.15, -0.1) is 0 Å². The van der Waals surface area contributed by atoms with Gasteiger partial charge in [-0.2, -0.15) is 0 Å². The number of benzene rings is 1. The summed E-state index contributed by atoms with van der Waals surface area (Å²) in [5.41, 5.74) is 2.59. The van der Waals surface area contributed by atoms with Crippen LogP contribution in [-0.2, 0) is 0 Å². The molecule has 2 aliphatic rings. The zero-order valence-corrected chi connectivity index (χ0v) is 15.4. The van der Waals surface area contributed by atoms with E-state index in [1.807, 2.05) is 5.20 Å². The highest BCUT2D eigenvalue weighted by Gasteiger charge is 2.43. The summed E-state index contributed by atoms with van der Waals surface area (Å²) in [4.78, 5) is 0. The number of allylic oxidation sites excluding steroid dienone is 4. The quantitative estimate of drug-likeness (QED) is 0.620. The van der Waals surface area contributed by atoms with Crippen LogP contribution in [0.1, 0.15) is 52.4 Å². The van der Waals surface area contributed by atoms with Crippen molar-refractivity contribution in [2.75, 3.05) is 0 Å². The van der Waals surface area contributed by atoms with Crippen molar-refractivity contribution in [1.82, 2.24) is 0 Å². The van der Waals surface area contributed by atoms with Gasteiger partial charge in [-0.25, -0.2) is 0 Å². The fourth-order valence-electron chi connectivity index (χ4n) is 4.70. The molecule has 2 aliphatic carbocycles. The molecule has 0 saturated heterocycles. The van der Waals surface area contributed by atoms with Crippen molar-refractivity contribution in [1.29, 1.82) is 0 Å². The molecule has 1 aromatic carbocycles. The molecule has 0 heterocycles. The molecule has 0 aliphatic heterocycles. The Hall–Kier alpha value is -1.08. The average molecular weight is 311 g/mol.